The molecule has 8 heteroatoms. The fraction of sp³-hybridized carbons (Fsp3) is 0.133. The van der Waals surface area contributed by atoms with Crippen molar-refractivity contribution >= 4 is 17.2 Å². The first-order valence-corrected chi connectivity index (χ1v) is 6.55. The minimum Gasteiger partial charge on any atom is -0.382 e. The van der Waals surface area contributed by atoms with E-state index >= 15 is 0 Å². The summed E-state index contributed by atoms with van der Waals surface area (Å²) in [4.78, 5) is 22.0. The fourth-order valence-electron chi connectivity index (χ4n) is 1.91. The molecule has 0 fully saturated rings. The Balaban J connectivity index is 1.99. The second-order valence-electron chi connectivity index (χ2n) is 4.63. The zero-order valence-corrected chi connectivity index (χ0v) is 11.7. The van der Waals surface area contributed by atoms with Crippen LogP contribution < -0.4 is 5.32 Å². The Hall–Kier alpha value is -2.90. The van der Waals surface area contributed by atoms with Gasteiger partial charge in [-0.25, -0.2) is 13.2 Å². The molecule has 0 aliphatic rings. The Labute approximate surface area is 128 Å². The van der Waals surface area contributed by atoms with Crippen LogP contribution in [0.5, 0.6) is 0 Å². The number of ketones is 1. The van der Waals surface area contributed by atoms with Gasteiger partial charge in [-0.15, -0.1) is 0 Å². The minimum absolute atomic E-state index is 0.0382. The van der Waals surface area contributed by atoms with E-state index in [2.05, 4.69) is 5.32 Å². The van der Waals surface area contributed by atoms with Crippen molar-refractivity contribution < 1.29 is 22.9 Å². The molecule has 2 aromatic rings. The highest BCUT2D eigenvalue weighted by Gasteiger charge is 2.14. The topological polar surface area (TPSA) is 72.2 Å². The van der Waals surface area contributed by atoms with E-state index in [4.69, 9.17) is 0 Å². The first kappa shape index (κ1) is 16.5. The molecule has 23 heavy (non-hydrogen) atoms. The van der Waals surface area contributed by atoms with E-state index in [0.717, 1.165) is 18.2 Å². The third-order valence-electron chi connectivity index (χ3n) is 3.08. The number of benzene rings is 2. The lowest BCUT2D eigenvalue weighted by Gasteiger charge is -2.08. The number of non-ortho nitro benzene ring substituents is 1. The molecule has 0 aliphatic carbocycles. The summed E-state index contributed by atoms with van der Waals surface area (Å²) in [5.74, 6) is -4.67. The third-order valence-corrected chi connectivity index (χ3v) is 3.08. The average Bonchev–Trinajstić information content (AvgIpc) is 2.54. The van der Waals surface area contributed by atoms with Crippen LogP contribution in [0.15, 0.2) is 36.4 Å². The molecule has 5 nitrogen and oxygen atoms in total. The Bertz CT molecular complexity index is 766. The molecule has 120 valence electrons. The van der Waals surface area contributed by atoms with Crippen molar-refractivity contribution in [2.45, 2.75) is 6.42 Å². The maximum absolute atomic E-state index is 13.4. The van der Waals surface area contributed by atoms with Gasteiger partial charge in [0, 0.05) is 30.7 Å². The van der Waals surface area contributed by atoms with Crippen LogP contribution in [0, 0.1) is 27.6 Å². The van der Waals surface area contributed by atoms with Gasteiger partial charge >= 0.3 is 0 Å². The molecule has 0 saturated carbocycles. The number of carbonyl (C=O) groups is 1. The number of halogens is 3. The summed E-state index contributed by atoms with van der Waals surface area (Å²) in [7, 11) is 0. The van der Waals surface area contributed by atoms with Crippen LogP contribution in [0.3, 0.4) is 0 Å². The number of hydrogen-bond acceptors (Lipinski definition) is 4. The van der Waals surface area contributed by atoms with E-state index in [1.54, 1.807) is 0 Å². The lowest BCUT2D eigenvalue weighted by atomic mass is 10.1. The average molecular weight is 324 g/mol. The van der Waals surface area contributed by atoms with Crippen molar-refractivity contribution in [3.05, 3.63) is 69.5 Å². The Morgan fingerprint density at radius 2 is 1.87 bits per heavy atom. The van der Waals surface area contributed by atoms with Crippen molar-refractivity contribution in [3.8, 4) is 0 Å². The summed E-state index contributed by atoms with van der Waals surface area (Å²) in [5.41, 5.74) is -0.335. The van der Waals surface area contributed by atoms with Gasteiger partial charge in [0.2, 0.25) is 0 Å². The minimum atomic E-state index is -1.60. The Kier molecular flexibility index (Phi) is 4.95. The molecule has 0 unspecified atom stereocenters. The van der Waals surface area contributed by atoms with Crippen LogP contribution in [0.25, 0.3) is 0 Å². The largest absolute Gasteiger partial charge is 0.382 e. The van der Waals surface area contributed by atoms with Gasteiger partial charge in [-0.05, 0) is 12.1 Å². The van der Waals surface area contributed by atoms with E-state index in [-0.39, 0.29) is 29.9 Å². The van der Waals surface area contributed by atoms with E-state index in [1.165, 1.54) is 18.2 Å². The monoisotopic (exact) mass is 324 g/mol. The molecule has 0 aromatic heterocycles. The molecule has 0 atom stereocenters. The van der Waals surface area contributed by atoms with Gasteiger partial charge in [0.25, 0.3) is 5.69 Å². The summed E-state index contributed by atoms with van der Waals surface area (Å²) in [5, 5.41) is 13.1. The van der Waals surface area contributed by atoms with Crippen LogP contribution in [-0.4, -0.2) is 17.3 Å². The normalized spacial score (nSPS) is 10.4. The van der Waals surface area contributed by atoms with Gasteiger partial charge in [-0.2, -0.15) is 0 Å². The number of nitrogens with one attached hydrogen (secondary N) is 1. The van der Waals surface area contributed by atoms with Crippen molar-refractivity contribution in [3.63, 3.8) is 0 Å². The highest BCUT2D eigenvalue weighted by molar-refractivity contribution is 5.96. The predicted molar refractivity (Wildman–Crippen MR) is 76.8 cm³/mol. The highest BCUT2D eigenvalue weighted by atomic mass is 19.2. The molecule has 1 N–H and O–H groups in total. The Morgan fingerprint density at radius 1 is 1.13 bits per heavy atom. The molecular formula is C15H11F3N2O3. The molecule has 2 aromatic carbocycles. The zero-order chi connectivity index (χ0) is 17.0. The maximum Gasteiger partial charge on any atom is 0.270 e. The number of nitrogens with zero attached hydrogens (tertiary/aromatic N) is 1. The van der Waals surface area contributed by atoms with E-state index in [9.17, 15) is 28.1 Å². The summed E-state index contributed by atoms with van der Waals surface area (Å²) >= 11 is 0. The summed E-state index contributed by atoms with van der Waals surface area (Å²) < 4.78 is 39.2. The molecule has 0 aliphatic heterocycles. The maximum atomic E-state index is 13.4. The number of Topliss-reactive ketones (excluding diaryl/α,β-unsaturated/α-hetero) is 1. The lowest BCUT2D eigenvalue weighted by molar-refractivity contribution is -0.384. The summed E-state index contributed by atoms with van der Waals surface area (Å²) in [6.07, 6.45) is -0.0976. The van der Waals surface area contributed by atoms with Crippen LogP contribution >= 0.6 is 0 Å². The van der Waals surface area contributed by atoms with Gasteiger partial charge in [0.1, 0.15) is 0 Å². The van der Waals surface area contributed by atoms with Crippen LogP contribution in [0.2, 0.25) is 0 Å². The quantitative estimate of drug-likeness (QED) is 0.381. The van der Waals surface area contributed by atoms with Crippen LogP contribution in [-0.2, 0) is 0 Å². The second-order valence-corrected chi connectivity index (χ2v) is 4.63. The number of hydrogen-bond donors (Lipinski definition) is 1. The van der Waals surface area contributed by atoms with Crippen LogP contribution in [0.4, 0.5) is 24.5 Å². The molecule has 0 spiro atoms. The summed E-state index contributed by atoms with van der Waals surface area (Å²) in [6, 6.07) is 6.99. The van der Waals surface area contributed by atoms with Gasteiger partial charge < -0.3 is 5.32 Å². The molecule has 2 rings (SSSR count). The van der Waals surface area contributed by atoms with E-state index in [1.807, 2.05) is 0 Å². The summed E-state index contributed by atoms with van der Waals surface area (Å²) in [6.45, 7) is -0.0382. The second kappa shape index (κ2) is 6.91. The van der Waals surface area contributed by atoms with Crippen LogP contribution in [0.1, 0.15) is 16.8 Å². The number of carbonyl (C=O) groups excluding carboxylic acids is 1. The number of nitro groups is 1. The van der Waals surface area contributed by atoms with Gasteiger partial charge in [0.15, 0.2) is 23.2 Å². The zero-order valence-electron chi connectivity index (χ0n) is 11.7. The first-order chi connectivity index (χ1) is 10.9. The van der Waals surface area contributed by atoms with E-state index in [0.29, 0.717) is 0 Å². The highest BCUT2D eigenvalue weighted by Crippen LogP contribution is 2.20. The standard InChI is InChI=1S/C15H11F3N2O3/c16-11-4-5-12(15(18)14(11)17)19-7-6-13(21)9-2-1-3-10(8-9)20(22)23/h1-5,8,19H,6-7H2. The number of nitro benzene ring substituents is 1. The first-order valence-electron chi connectivity index (χ1n) is 6.55. The third kappa shape index (κ3) is 3.85. The predicted octanol–water partition coefficient (Wildman–Crippen LogP) is 3.70. The fourth-order valence-corrected chi connectivity index (χ4v) is 1.91. The van der Waals surface area contributed by atoms with E-state index < -0.39 is 28.2 Å². The van der Waals surface area contributed by atoms with Crippen molar-refractivity contribution in [1.29, 1.82) is 0 Å². The van der Waals surface area contributed by atoms with Gasteiger partial charge in [-0.1, -0.05) is 12.1 Å². The SMILES string of the molecule is O=C(CCNc1ccc(F)c(F)c1F)c1cccc([N+](=O)[O-])c1. The molecular weight excluding hydrogens is 313 g/mol. The molecule has 0 heterocycles. The molecule has 0 saturated heterocycles. The van der Waals surface area contributed by atoms with Crippen molar-refractivity contribution in [2.75, 3.05) is 11.9 Å². The lowest BCUT2D eigenvalue weighted by Crippen LogP contribution is -2.11. The number of anilines is 1. The molecule has 0 bridgehead atoms. The molecule has 0 radical (unpaired) electrons. The van der Waals surface area contributed by atoms with Crippen molar-refractivity contribution in [1.82, 2.24) is 0 Å². The molecule has 0 amide bonds. The van der Waals surface area contributed by atoms with Gasteiger partial charge in [-0.3, -0.25) is 14.9 Å². The smallest absolute Gasteiger partial charge is 0.270 e. The van der Waals surface area contributed by atoms with Crippen molar-refractivity contribution in [2.24, 2.45) is 0 Å². The van der Waals surface area contributed by atoms with Gasteiger partial charge in [0.05, 0.1) is 10.6 Å². The Morgan fingerprint density at radius 3 is 2.57 bits per heavy atom. The number of rotatable bonds is 6.